The Bertz CT molecular complexity index is 1180. The summed E-state index contributed by atoms with van der Waals surface area (Å²) >= 11 is 7.32. The van der Waals surface area contributed by atoms with Crippen molar-refractivity contribution in [2.75, 3.05) is 17.9 Å². The molecule has 0 spiro atoms. The van der Waals surface area contributed by atoms with Gasteiger partial charge in [0.15, 0.2) is 16.7 Å². The molecule has 7 nitrogen and oxygen atoms in total. The zero-order chi connectivity index (χ0) is 21.8. The minimum atomic E-state index is -0.204. The van der Waals surface area contributed by atoms with E-state index in [-0.39, 0.29) is 24.0 Å². The zero-order valence-electron chi connectivity index (χ0n) is 17.0. The molecule has 4 rings (SSSR count). The Morgan fingerprint density at radius 2 is 2.03 bits per heavy atom. The van der Waals surface area contributed by atoms with Crippen molar-refractivity contribution in [1.29, 1.82) is 0 Å². The van der Waals surface area contributed by atoms with Crippen LogP contribution in [-0.4, -0.2) is 28.0 Å². The molecule has 1 aliphatic heterocycles. The van der Waals surface area contributed by atoms with E-state index in [0.29, 0.717) is 44.8 Å². The summed E-state index contributed by atoms with van der Waals surface area (Å²) in [5.41, 5.74) is 1.04. The van der Waals surface area contributed by atoms with Gasteiger partial charge >= 0.3 is 0 Å². The highest BCUT2D eigenvalue weighted by molar-refractivity contribution is 7.99. The van der Waals surface area contributed by atoms with Gasteiger partial charge in [0, 0.05) is 23.3 Å². The third kappa shape index (κ3) is 4.97. The van der Waals surface area contributed by atoms with Crippen LogP contribution in [0.1, 0.15) is 26.2 Å². The number of anilines is 1. The molecule has 1 N–H and O–H groups in total. The molecule has 1 amide bonds. The van der Waals surface area contributed by atoms with E-state index in [1.807, 2.05) is 0 Å². The molecule has 0 unspecified atom stereocenters. The molecule has 3 aromatic rings. The van der Waals surface area contributed by atoms with E-state index in [1.165, 1.54) is 11.8 Å². The number of hydrogen-bond acceptors (Lipinski definition) is 6. The first-order chi connectivity index (χ1) is 15.0. The van der Waals surface area contributed by atoms with E-state index in [1.54, 1.807) is 41.0 Å². The van der Waals surface area contributed by atoms with E-state index in [0.717, 1.165) is 19.3 Å². The van der Waals surface area contributed by atoms with Gasteiger partial charge < -0.3 is 14.8 Å². The summed E-state index contributed by atoms with van der Waals surface area (Å²) in [7, 11) is 0. The van der Waals surface area contributed by atoms with Crippen LogP contribution in [0.5, 0.6) is 11.5 Å². The van der Waals surface area contributed by atoms with Crippen LogP contribution in [0.2, 0.25) is 5.02 Å². The Morgan fingerprint density at radius 1 is 1.19 bits per heavy atom. The molecule has 0 aliphatic carbocycles. The lowest BCUT2D eigenvalue weighted by atomic mass is 10.2. The SMILES string of the molecule is CCCCCn1c(SCC(=O)Nc2ccc3c(c2)OCO3)nc2cc(Cl)ccc2c1=O. The summed E-state index contributed by atoms with van der Waals surface area (Å²) in [6, 6.07) is 10.3. The van der Waals surface area contributed by atoms with Gasteiger partial charge in [-0.2, -0.15) is 0 Å². The largest absolute Gasteiger partial charge is 0.454 e. The third-order valence-corrected chi connectivity index (χ3v) is 6.07. The van der Waals surface area contributed by atoms with Crippen molar-refractivity contribution < 1.29 is 14.3 Å². The zero-order valence-corrected chi connectivity index (χ0v) is 18.6. The number of hydrogen-bond donors (Lipinski definition) is 1. The highest BCUT2D eigenvalue weighted by Crippen LogP contribution is 2.34. The molecule has 0 radical (unpaired) electrons. The number of aromatic nitrogens is 2. The number of amides is 1. The molecule has 0 atom stereocenters. The standard InChI is InChI=1S/C22H22ClN3O4S/c1-2-3-4-9-26-21(28)16-7-5-14(23)10-17(16)25-22(26)31-12-20(27)24-15-6-8-18-19(11-15)30-13-29-18/h5-8,10-11H,2-4,9,12-13H2,1H3,(H,24,27). The van der Waals surface area contributed by atoms with Crippen LogP contribution in [0.15, 0.2) is 46.3 Å². The van der Waals surface area contributed by atoms with Gasteiger partial charge in [-0.1, -0.05) is 43.1 Å². The molecule has 0 saturated heterocycles. The molecule has 162 valence electrons. The van der Waals surface area contributed by atoms with Gasteiger partial charge in [-0.05, 0) is 36.8 Å². The maximum atomic E-state index is 13.0. The summed E-state index contributed by atoms with van der Waals surface area (Å²) in [5.74, 6) is 1.16. The number of nitrogens with one attached hydrogen (secondary N) is 1. The Balaban J connectivity index is 1.52. The smallest absolute Gasteiger partial charge is 0.262 e. The van der Waals surface area contributed by atoms with Crippen molar-refractivity contribution in [3.63, 3.8) is 0 Å². The lowest BCUT2D eigenvalue weighted by molar-refractivity contribution is -0.113. The first kappa shape index (κ1) is 21.5. The van der Waals surface area contributed by atoms with E-state index < -0.39 is 0 Å². The lowest BCUT2D eigenvalue weighted by Crippen LogP contribution is -2.24. The summed E-state index contributed by atoms with van der Waals surface area (Å²) in [6.07, 6.45) is 2.93. The topological polar surface area (TPSA) is 82.5 Å². The number of carbonyl (C=O) groups is 1. The van der Waals surface area contributed by atoms with Crippen LogP contribution in [0.4, 0.5) is 5.69 Å². The third-order valence-electron chi connectivity index (χ3n) is 4.86. The van der Waals surface area contributed by atoms with Crippen LogP contribution >= 0.6 is 23.4 Å². The summed E-state index contributed by atoms with van der Waals surface area (Å²) in [6.45, 7) is 2.85. The highest BCUT2D eigenvalue weighted by Gasteiger charge is 2.16. The fourth-order valence-corrected chi connectivity index (χ4v) is 4.29. The van der Waals surface area contributed by atoms with Crippen LogP contribution in [0, 0.1) is 0 Å². The van der Waals surface area contributed by atoms with Crippen molar-refractivity contribution in [3.05, 3.63) is 51.8 Å². The van der Waals surface area contributed by atoms with Crippen molar-refractivity contribution in [2.24, 2.45) is 0 Å². The number of unbranched alkanes of at least 4 members (excludes halogenated alkanes) is 2. The number of carbonyl (C=O) groups excluding carboxylic acids is 1. The molecule has 0 bridgehead atoms. The average molecular weight is 460 g/mol. The minimum absolute atomic E-state index is 0.112. The monoisotopic (exact) mass is 459 g/mol. The molecule has 9 heteroatoms. The molecule has 2 heterocycles. The first-order valence-electron chi connectivity index (χ1n) is 10.1. The Labute approximate surface area is 188 Å². The second kappa shape index (κ2) is 9.62. The second-order valence-electron chi connectivity index (χ2n) is 7.12. The van der Waals surface area contributed by atoms with Gasteiger partial charge in [0.2, 0.25) is 12.7 Å². The normalized spacial score (nSPS) is 12.3. The van der Waals surface area contributed by atoms with E-state index in [9.17, 15) is 9.59 Å². The van der Waals surface area contributed by atoms with Gasteiger partial charge in [-0.15, -0.1) is 0 Å². The Morgan fingerprint density at radius 3 is 2.87 bits per heavy atom. The molecule has 1 aliphatic rings. The maximum Gasteiger partial charge on any atom is 0.262 e. The fraction of sp³-hybridized carbons (Fsp3) is 0.318. The number of halogens is 1. The van der Waals surface area contributed by atoms with Crippen molar-refractivity contribution >= 4 is 45.9 Å². The molecular formula is C22H22ClN3O4S. The van der Waals surface area contributed by atoms with Crippen LogP contribution < -0.4 is 20.3 Å². The van der Waals surface area contributed by atoms with Gasteiger partial charge in [-0.25, -0.2) is 4.98 Å². The molecule has 2 aromatic carbocycles. The lowest BCUT2D eigenvalue weighted by Gasteiger charge is -2.13. The summed E-state index contributed by atoms with van der Waals surface area (Å²) in [5, 5.41) is 4.39. The number of benzene rings is 2. The van der Waals surface area contributed by atoms with Gasteiger partial charge in [-0.3, -0.25) is 14.2 Å². The van der Waals surface area contributed by atoms with Crippen molar-refractivity contribution in [2.45, 2.75) is 37.9 Å². The fourth-order valence-electron chi connectivity index (χ4n) is 3.30. The molecule has 1 aromatic heterocycles. The van der Waals surface area contributed by atoms with Crippen molar-refractivity contribution in [3.8, 4) is 11.5 Å². The number of ether oxygens (including phenoxy) is 2. The van der Waals surface area contributed by atoms with E-state index in [2.05, 4.69) is 17.2 Å². The predicted octanol–water partition coefficient (Wildman–Crippen LogP) is 4.70. The summed E-state index contributed by atoms with van der Waals surface area (Å²) < 4.78 is 12.3. The number of fused-ring (bicyclic) bond motifs is 2. The van der Waals surface area contributed by atoms with E-state index in [4.69, 9.17) is 21.1 Å². The number of rotatable bonds is 8. The predicted molar refractivity (Wildman–Crippen MR) is 122 cm³/mol. The van der Waals surface area contributed by atoms with Gasteiger partial charge in [0.25, 0.3) is 5.56 Å². The minimum Gasteiger partial charge on any atom is -0.454 e. The maximum absolute atomic E-state index is 13.0. The first-order valence-corrected chi connectivity index (χ1v) is 11.4. The number of thioether (sulfide) groups is 1. The number of nitrogens with zero attached hydrogens (tertiary/aromatic N) is 2. The van der Waals surface area contributed by atoms with Crippen LogP contribution in [0.3, 0.4) is 0 Å². The molecule has 0 fully saturated rings. The molecule has 0 saturated carbocycles. The van der Waals surface area contributed by atoms with Gasteiger partial charge in [0.1, 0.15) is 0 Å². The van der Waals surface area contributed by atoms with Crippen LogP contribution in [0.25, 0.3) is 10.9 Å². The van der Waals surface area contributed by atoms with Crippen LogP contribution in [-0.2, 0) is 11.3 Å². The Kier molecular flexibility index (Phi) is 6.67. The highest BCUT2D eigenvalue weighted by atomic mass is 35.5. The average Bonchev–Trinajstić information content (AvgIpc) is 3.22. The summed E-state index contributed by atoms with van der Waals surface area (Å²) in [4.78, 5) is 30.2. The quantitative estimate of drug-likeness (QED) is 0.298. The van der Waals surface area contributed by atoms with Crippen molar-refractivity contribution in [1.82, 2.24) is 9.55 Å². The van der Waals surface area contributed by atoms with E-state index >= 15 is 0 Å². The van der Waals surface area contributed by atoms with Gasteiger partial charge in [0.05, 0.1) is 16.7 Å². The molecule has 31 heavy (non-hydrogen) atoms. The second-order valence-corrected chi connectivity index (χ2v) is 8.50. The Hall–Kier alpha value is -2.71. The molecular weight excluding hydrogens is 438 g/mol.